The lowest BCUT2D eigenvalue weighted by Crippen LogP contribution is -2.34. The Kier molecular flexibility index (Phi) is 19.0. The lowest BCUT2D eigenvalue weighted by atomic mass is 9.86. The van der Waals surface area contributed by atoms with Crippen LogP contribution in [0.1, 0.15) is 70.2 Å². The van der Waals surface area contributed by atoms with E-state index in [1.165, 1.54) is 0 Å². The smallest absolute Gasteiger partial charge is 0.307 e. The first-order chi connectivity index (χ1) is 34.9. The molecule has 0 radical (unpaired) electrons. The number of benzene rings is 4. The molecule has 8 atom stereocenters. The molecular weight excluding hydrogens is 909 g/mol. The van der Waals surface area contributed by atoms with Gasteiger partial charge in [-0.25, -0.2) is 0 Å². The zero-order valence-corrected chi connectivity index (χ0v) is 41.7. The number of carboxylic acid groups (broad SMARTS) is 4. The highest BCUT2D eigenvalue weighted by Crippen LogP contribution is 2.29. The zero-order valence-electron chi connectivity index (χ0n) is 41.7. The topological polar surface area (TPSA) is 204 Å². The van der Waals surface area contributed by atoms with Crippen molar-refractivity contribution in [1.29, 1.82) is 0 Å². The van der Waals surface area contributed by atoms with Gasteiger partial charge in [0.25, 0.3) is 0 Å². The molecule has 8 rings (SSSR count). The maximum Gasteiger partial charge on any atom is 0.307 e. The number of hydrogen-bond acceptors (Lipinski definition) is 10. The summed E-state index contributed by atoms with van der Waals surface area (Å²) in [5.74, 6) is -4.61. The molecule has 4 aromatic rings. The molecule has 14 nitrogen and oxygen atoms in total. The Labute approximate surface area is 425 Å². The van der Waals surface area contributed by atoms with Crippen LogP contribution in [-0.4, -0.2) is 120 Å². The van der Waals surface area contributed by atoms with Gasteiger partial charge in [0.15, 0.2) is 0 Å². The van der Waals surface area contributed by atoms with Crippen molar-refractivity contribution in [1.82, 2.24) is 31.1 Å². The second-order valence-electron chi connectivity index (χ2n) is 21.3. The van der Waals surface area contributed by atoms with Gasteiger partial charge in [-0.15, -0.1) is 0 Å². The van der Waals surface area contributed by atoms with Crippen molar-refractivity contribution >= 4 is 23.9 Å². The van der Waals surface area contributed by atoms with E-state index >= 15 is 0 Å². The van der Waals surface area contributed by atoms with Crippen LogP contribution in [0.25, 0.3) is 0 Å². The first kappa shape index (κ1) is 52.8. The van der Waals surface area contributed by atoms with Gasteiger partial charge in [-0.3, -0.25) is 29.0 Å². The minimum atomic E-state index is -0.762. The molecule has 386 valence electrons. The van der Waals surface area contributed by atoms with Crippen LogP contribution < -0.4 is 21.3 Å². The molecule has 0 amide bonds. The Hall–Kier alpha value is -5.48. The molecule has 8 N–H and O–H groups in total. The first-order valence-corrected chi connectivity index (χ1v) is 26.4. The summed E-state index contributed by atoms with van der Waals surface area (Å²) in [6.07, 6.45) is 5.23. The van der Waals surface area contributed by atoms with Crippen LogP contribution in [0.5, 0.6) is 0 Å². The van der Waals surface area contributed by atoms with Gasteiger partial charge in [0, 0.05) is 39.3 Å². The molecule has 0 spiro atoms. The molecule has 4 heterocycles. The minimum absolute atomic E-state index is 0.0827. The third-order valence-corrected chi connectivity index (χ3v) is 16.1. The van der Waals surface area contributed by atoms with E-state index in [0.29, 0.717) is 91.1 Å². The summed E-state index contributed by atoms with van der Waals surface area (Å²) < 4.78 is 0. The van der Waals surface area contributed by atoms with E-state index in [4.69, 9.17) is 0 Å². The second kappa shape index (κ2) is 26.0. The molecule has 4 aromatic carbocycles. The number of carboxylic acids is 4. The number of nitrogens with one attached hydrogen (secondary N) is 4. The normalized spacial score (nSPS) is 21.8. The summed E-state index contributed by atoms with van der Waals surface area (Å²) in [6.45, 7) is 9.91. The van der Waals surface area contributed by atoms with E-state index in [-0.39, 0.29) is 23.7 Å². The highest BCUT2D eigenvalue weighted by molar-refractivity contribution is 5.72. The highest BCUT2D eigenvalue weighted by Gasteiger charge is 2.34. The Morgan fingerprint density at radius 1 is 0.389 bits per heavy atom. The lowest BCUT2D eigenvalue weighted by molar-refractivity contribution is -0.144. The Morgan fingerprint density at radius 3 is 0.806 bits per heavy atom. The van der Waals surface area contributed by atoms with E-state index in [1.807, 2.05) is 48.5 Å². The highest BCUT2D eigenvalue weighted by atomic mass is 16.4. The maximum atomic E-state index is 12.5. The molecular formula is C58H76N6O8. The van der Waals surface area contributed by atoms with Crippen molar-refractivity contribution in [3.05, 3.63) is 142 Å². The number of aliphatic carboxylic acids is 4. The summed E-state index contributed by atoms with van der Waals surface area (Å²) in [5, 5.41) is 54.5. The van der Waals surface area contributed by atoms with Crippen LogP contribution in [0.2, 0.25) is 0 Å². The number of nitrogens with zero attached hydrogens (tertiary/aromatic N) is 2. The van der Waals surface area contributed by atoms with E-state index in [2.05, 4.69) is 79.6 Å². The van der Waals surface area contributed by atoms with Crippen molar-refractivity contribution in [3.63, 3.8) is 0 Å². The largest absolute Gasteiger partial charge is 0.481 e. The Balaban J connectivity index is 1.06. The van der Waals surface area contributed by atoms with Gasteiger partial charge >= 0.3 is 23.9 Å². The van der Waals surface area contributed by atoms with Crippen LogP contribution >= 0.6 is 0 Å². The van der Waals surface area contributed by atoms with E-state index in [1.54, 1.807) is 0 Å². The minimum Gasteiger partial charge on any atom is -0.481 e. The summed E-state index contributed by atoms with van der Waals surface area (Å²) in [6, 6.07) is 33.3. The zero-order chi connectivity index (χ0) is 50.4. The quantitative estimate of drug-likeness (QED) is 0.0356. The standard InChI is InChI=1S/C58H76N6O8/c65-55(66)51(47-13-17-59-31-47)27-39-5-1-9-43(23-39)35-63(36-44-10-2-6-40(24-44)28-52(56(67)68)48-14-18-60-32-48)21-22-64(37-45-11-3-7-41(25-45)29-53(57(69)70)49-15-19-61-33-49)38-46-12-4-8-42(26-46)30-54(58(71)72)50-16-20-62-34-50/h1-12,23-26,47-54,59-62H,13-22,27-38H2,(H,65,66)(H,67,68)(H,69,70)(H,71,72)/t47-,48-,49-,50-,51-,52-,53-,54-/m0/s1. The Bertz CT molecular complexity index is 2100. The number of hydrogen-bond donors (Lipinski definition) is 8. The predicted molar refractivity (Wildman–Crippen MR) is 277 cm³/mol. The van der Waals surface area contributed by atoms with Gasteiger partial charge in [0.1, 0.15) is 0 Å². The molecule has 0 saturated carbocycles. The van der Waals surface area contributed by atoms with Crippen molar-refractivity contribution in [2.75, 3.05) is 65.4 Å². The summed E-state index contributed by atoms with van der Waals surface area (Å²) in [7, 11) is 0. The van der Waals surface area contributed by atoms with E-state index in [0.717, 1.165) is 96.4 Å². The van der Waals surface area contributed by atoms with Gasteiger partial charge in [-0.1, -0.05) is 97.1 Å². The van der Waals surface area contributed by atoms with Crippen molar-refractivity contribution in [2.45, 2.75) is 77.5 Å². The van der Waals surface area contributed by atoms with Crippen molar-refractivity contribution in [2.24, 2.45) is 47.3 Å². The summed E-state index contributed by atoms with van der Waals surface area (Å²) in [5.41, 5.74) is 8.33. The average molecular weight is 985 g/mol. The third-order valence-electron chi connectivity index (χ3n) is 16.1. The first-order valence-electron chi connectivity index (χ1n) is 26.4. The van der Waals surface area contributed by atoms with Gasteiger partial charge in [-0.05, 0) is 172 Å². The molecule has 0 aromatic heterocycles. The van der Waals surface area contributed by atoms with Gasteiger partial charge in [0.05, 0.1) is 23.7 Å². The molecule has 0 aliphatic carbocycles. The number of rotatable bonds is 27. The fourth-order valence-corrected chi connectivity index (χ4v) is 12.1. The molecule has 72 heavy (non-hydrogen) atoms. The van der Waals surface area contributed by atoms with Crippen LogP contribution in [0.4, 0.5) is 0 Å². The summed E-state index contributed by atoms with van der Waals surface area (Å²) >= 11 is 0. The molecule has 14 heteroatoms. The SMILES string of the molecule is O=C(O)[C@@H](Cc1cccc(CN(CCN(Cc2cccc(C[C@H](C(=O)O)[C@H]3CCNC3)c2)Cc2cccc(C[C@H](C(=O)O)[C@H]3CCNC3)c2)Cc2cccc(C[C@H](C(=O)O)[C@H]3CCNC3)c2)c1)[C@H]1CCNC1. The van der Waals surface area contributed by atoms with Crippen molar-refractivity contribution < 1.29 is 39.6 Å². The molecule has 4 aliphatic heterocycles. The van der Waals surface area contributed by atoms with E-state index < -0.39 is 47.5 Å². The molecule has 4 saturated heterocycles. The molecule has 4 aliphatic rings. The average Bonchev–Trinajstić information content (AvgIpc) is 4.23. The molecule has 4 fully saturated rings. The third kappa shape index (κ3) is 15.0. The van der Waals surface area contributed by atoms with Crippen LogP contribution in [-0.2, 0) is 71.0 Å². The van der Waals surface area contributed by atoms with Crippen LogP contribution in [0, 0.1) is 47.3 Å². The fraction of sp³-hybridized carbons (Fsp3) is 0.517. The second-order valence-corrected chi connectivity index (χ2v) is 21.3. The van der Waals surface area contributed by atoms with Gasteiger partial charge in [0.2, 0.25) is 0 Å². The van der Waals surface area contributed by atoms with Crippen molar-refractivity contribution in [3.8, 4) is 0 Å². The van der Waals surface area contributed by atoms with Gasteiger partial charge < -0.3 is 41.7 Å². The predicted octanol–water partition coefficient (Wildman–Crippen LogP) is 5.80. The lowest BCUT2D eigenvalue weighted by Gasteiger charge is -2.29. The maximum absolute atomic E-state index is 12.5. The van der Waals surface area contributed by atoms with Crippen LogP contribution in [0.15, 0.2) is 97.1 Å². The number of carbonyl (C=O) groups is 4. The van der Waals surface area contributed by atoms with Crippen LogP contribution in [0.3, 0.4) is 0 Å². The molecule has 0 unspecified atom stereocenters. The monoisotopic (exact) mass is 985 g/mol. The van der Waals surface area contributed by atoms with Gasteiger partial charge in [-0.2, -0.15) is 0 Å². The Morgan fingerprint density at radius 2 is 0.611 bits per heavy atom. The van der Waals surface area contributed by atoms with E-state index in [9.17, 15) is 39.6 Å². The fourth-order valence-electron chi connectivity index (χ4n) is 12.1. The summed E-state index contributed by atoms with van der Waals surface area (Å²) in [4.78, 5) is 55.0. The molecule has 0 bridgehead atoms.